The predicted octanol–water partition coefficient (Wildman–Crippen LogP) is 2.31. The topological polar surface area (TPSA) is 55.4 Å². The van der Waals surface area contributed by atoms with Crippen LogP contribution in [0.15, 0.2) is 54.6 Å². The molecular weight excluding hydrogens is 274 g/mol. The highest BCUT2D eigenvalue weighted by molar-refractivity contribution is 7.86. The number of hydrogen-bond donors (Lipinski definition) is 1. The molecule has 0 atom stereocenters. The van der Waals surface area contributed by atoms with Crippen LogP contribution in [-0.4, -0.2) is 14.7 Å². The zero-order chi connectivity index (χ0) is 14.4. The van der Waals surface area contributed by atoms with Gasteiger partial charge in [-0.1, -0.05) is 42.5 Å². The number of rotatable bonds is 6. The zero-order valence-corrected chi connectivity index (χ0v) is 12.1. The molecule has 0 aliphatic heterocycles. The van der Waals surface area contributed by atoms with Crippen molar-refractivity contribution in [3.63, 3.8) is 0 Å². The van der Waals surface area contributed by atoms with Crippen molar-refractivity contribution in [3.8, 4) is 5.75 Å². The predicted molar refractivity (Wildman–Crippen MR) is 78.9 cm³/mol. The lowest BCUT2D eigenvalue weighted by Gasteiger charge is -2.06. The van der Waals surface area contributed by atoms with Crippen LogP contribution in [0, 0.1) is 0 Å². The van der Waals surface area contributed by atoms with E-state index in [0.717, 1.165) is 18.4 Å². The van der Waals surface area contributed by atoms with Crippen molar-refractivity contribution in [1.29, 1.82) is 0 Å². The molecule has 0 aromatic heterocycles. The highest BCUT2D eigenvalue weighted by Gasteiger charge is 2.03. The summed E-state index contributed by atoms with van der Waals surface area (Å²) in [5.41, 5.74) is 2.30. The van der Waals surface area contributed by atoms with Crippen LogP contribution < -0.4 is 9.50 Å². The van der Waals surface area contributed by atoms with Crippen LogP contribution in [0.5, 0.6) is 5.75 Å². The average Bonchev–Trinajstić information content (AvgIpc) is 2.40. The molecule has 106 valence electrons. The van der Waals surface area contributed by atoms with Gasteiger partial charge in [0.1, 0.15) is 5.75 Å². The van der Waals surface area contributed by atoms with Gasteiger partial charge in [0.15, 0.2) is 0 Å². The summed E-state index contributed by atoms with van der Waals surface area (Å²) in [6, 6.07) is 17.1. The molecule has 0 unspecified atom stereocenters. The molecule has 5 heteroatoms. The molecule has 2 aromatic carbocycles. The van der Waals surface area contributed by atoms with Gasteiger partial charge in [-0.2, -0.15) is 8.42 Å². The first-order chi connectivity index (χ1) is 9.53. The zero-order valence-electron chi connectivity index (χ0n) is 11.2. The van der Waals surface area contributed by atoms with E-state index in [4.69, 9.17) is 4.18 Å². The molecule has 0 radical (unpaired) electrons. The van der Waals surface area contributed by atoms with Crippen LogP contribution in [0.25, 0.3) is 0 Å². The second kappa shape index (κ2) is 6.54. The lowest BCUT2D eigenvalue weighted by Crippen LogP contribution is -2.12. The van der Waals surface area contributed by atoms with Crippen molar-refractivity contribution < 1.29 is 12.6 Å². The Morgan fingerprint density at radius 3 is 2.00 bits per heavy atom. The molecule has 0 aliphatic carbocycles. The molecule has 0 spiro atoms. The van der Waals surface area contributed by atoms with E-state index < -0.39 is 10.1 Å². The summed E-state index contributed by atoms with van der Waals surface area (Å²) in [6.45, 7) is 1.51. The first-order valence-corrected chi connectivity index (χ1v) is 8.08. The van der Waals surface area contributed by atoms with Crippen molar-refractivity contribution in [3.05, 3.63) is 65.7 Å². The molecule has 4 nitrogen and oxygen atoms in total. The smallest absolute Gasteiger partial charge is 0.306 e. The molecule has 2 rings (SSSR count). The largest absolute Gasteiger partial charge is 0.383 e. The summed E-state index contributed by atoms with van der Waals surface area (Å²) in [5.74, 6) is 0.333. The highest BCUT2D eigenvalue weighted by Crippen LogP contribution is 2.13. The Balaban J connectivity index is 1.85. The monoisotopic (exact) mass is 291 g/mol. The summed E-state index contributed by atoms with van der Waals surface area (Å²) in [7, 11) is -3.46. The number of benzene rings is 2. The van der Waals surface area contributed by atoms with E-state index in [9.17, 15) is 8.42 Å². The number of hydrogen-bond acceptors (Lipinski definition) is 4. The Kier molecular flexibility index (Phi) is 4.76. The van der Waals surface area contributed by atoms with Gasteiger partial charge in [0.25, 0.3) is 0 Å². The molecule has 2 aromatic rings. The molecule has 0 aliphatic rings. The maximum atomic E-state index is 11.0. The summed E-state index contributed by atoms with van der Waals surface area (Å²) >= 11 is 0. The van der Waals surface area contributed by atoms with Gasteiger partial charge in [0, 0.05) is 13.1 Å². The van der Waals surface area contributed by atoms with E-state index in [1.807, 2.05) is 30.3 Å². The molecule has 0 saturated heterocycles. The molecule has 1 N–H and O–H groups in total. The molecular formula is C15H17NO3S. The Morgan fingerprint density at radius 2 is 1.45 bits per heavy atom. The van der Waals surface area contributed by atoms with E-state index >= 15 is 0 Å². The maximum absolute atomic E-state index is 11.0. The van der Waals surface area contributed by atoms with Crippen LogP contribution in [0.3, 0.4) is 0 Å². The summed E-state index contributed by atoms with van der Waals surface area (Å²) < 4.78 is 26.7. The van der Waals surface area contributed by atoms with Crippen molar-refractivity contribution in [2.75, 3.05) is 6.26 Å². The van der Waals surface area contributed by atoms with Crippen LogP contribution in [-0.2, 0) is 23.2 Å². The fourth-order valence-corrected chi connectivity index (χ4v) is 2.25. The minimum Gasteiger partial charge on any atom is -0.383 e. The van der Waals surface area contributed by atoms with E-state index in [0.29, 0.717) is 12.3 Å². The lowest BCUT2D eigenvalue weighted by molar-refractivity contribution is 0.493. The van der Waals surface area contributed by atoms with Gasteiger partial charge in [-0.05, 0) is 23.3 Å². The molecule has 0 fully saturated rings. The van der Waals surface area contributed by atoms with Crippen molar-refractivity contribution in [2.45, 2.75) is 13.1 Å². The third-order valence-electron chi connectivity index (χ3n) is 2.67. The fraction of sp³-hybridized carbons (Fsp3) is 0.200. The lowest BCUT2D eigenvalue weighted by atomic mass is 10.2. The van der Waals surface area contributed by atoms with E-state index in [1.165, 1.54) is 5.56 Å². The average molecular weight is 291 g/mol. The van der Waals surface area contributed by atoms with Gasteiger partial charge in [-0.3, -0.25) is 0 Å². The second-order valence-electron chi connectivity index (χ2n) is 4.52. The van der Waals surface area contributed by atoms with Crippen LogP contribution in [0.2, 0.25) is 0 Å². The normalized spacial score (nSPS) is 11.2. The van der Waals surface area contributed by atoms with Gasteiger partial charge in [0.05, 0.1) is 6.26 Å². The quantitative estimate of drug-likeness (QED) is 0.830. The first kappa shape index (κ1) is 14.6. The van der Waals surface area contributed by atoms with Crippen LogP contribution in [0.4, 0.5) is 0 Å². The Labute approximate surface area is 119 Å². The highest BCUT2D eigenvalue weighted by atomic mass is 32.2. The molecule has 0 heterocycles. The Morgan fingerprint density at radius 1 is 0.900 bits per heavy atom. The van der Waals surface area contributed by atoms with Crippen molar-refractivity contribution in [1.82, 2.24) is 5.32 Å². The third kappa shape index (κ3) is 5.03. The minimum absolute atomic E-state index is 0.333. The van der Waals surface area contributed by atoms with Gasteiger partial charge in [-0.25, -0.2) is 0 Å². The molecule has 0 amide bonds. The van der Waals surface area contributed by atoms with Gasteiger partial charge in [0.2, 0.25) is 0 Å². The molecule has 0 saturated carbocycles. The number of nitrogens with one attached hydrogen (secondary N) is 1. The van der Waals surface area contributed by atoms with Gasteiger partial charge in [-0.15, -0.1) is 0 Å². The summed E-state index contributed by atoms with van der Waals surface area (Å²) in [4.78, 5) is 0. The van der Waals surface area contributed by atoms with Crippen LogP contribution >= 0.6 is 0 Å². The van der Waals surface area contributed by atoms with Crippen LogP contribution in [0.1, 0.15) is 11.1 Å². The molecule has 20 heavy (non-hydrogen) atoms. The van der Waals surface area contributed by atoms with Crippen molar-refractivity contribution in [2.24, 2.45) is 0 Å². The summed E-state index contributed by atoms with van der Waals surface area (Å²) in [5, 5.41) is 3.33. The van der Waals surface area contributed by atoms with E-state index in [-0.39, 0.29) is 0 Å². The molecule has 0 bridgehead atoms. The minimum atomic E-state index is -3.46. The van der Waals surface area contributed by atoms with Gasteiger partial charge >= 0.3 is 10.1 Å². The Hall–Kier alpha value is -1.85. The second-order valence-corrected chi connectivity index (χ2v) is 6.10. The van der Waals surface area contributed by atoms with E-state index in [2.05, 4.69) is 17.4 Å². The fourth-order valence-electron chi connectivity index (χ4n) is 1.78. The van der Waals surface area contributed by atoms with E-state index in [1.54, 1.807) is 12.1 Å². The summed E-state index contributed by atoms with van der Waals surface area (Å²) in [6.07, 6.45) is 1.03. The van der Waals surface area contributed by atoms with Crippen molar-refractivity contribution >= 4 is 10.1 Å². The standard InChI is InChI=1S/C15H17NO3S/c1-20(17,18)19-15-9-7-14(8-10-15)12-16-11-13-5-3-2-4-6-13/h2-10,16H,11-12H2,1H3. The maximum Gasteiger partial charge on any atom is 0.306 e. The Bertz CT molecular complexity index is 637. The third-order valence-corrected chi connectivity index (χ3v) is 3.17. The SMILES string of the molecule is CS(=O)(=O)Oc1ccc(CNCc2ccccc2)cc1. The first-order valence-electron chi connectivity index (χ1n) is 6.26. The van der Waals surface area contributed by atoms with Gasteiger partial charge < -0.3 is 9.50 Å².